The first-order valence-electron chi connectivity index (χ1n) is 10.4. The van der Waals surface area contributed by atoms with Crippen molar-refractivity contribution in [3.05, 3.63) is 41.3 Å². The van der Waals surface area contributed by atoms with Crippen molar-refractivity contribution in [1.29, 1.82) is 5.41 Å². The summed E-state index contributed by atoms with van der Waals surface area (Å²) in [5, 5.41) is 19.6. The average molecular weight is 463 g/mol. The number of carbonyl (C=O) groups excluding carboxylic acids is 1. The molecule has 0 fully saturated rings. The molecule has 0 saturated carbocycles. The number of ether oxygens (including phenoxy) is 2. The molecule has 0 radical (unpaired) electrons. The molecule has 0 spiro atoms. The third kappa shape index (κ3) is 3.91. The van der Waals surface area contributed by atoms with Gasteiger partial charge in [-0.05, 0) is 32.9 Å². The molecular weight excluding hydrogens is 438 g/mol. The molecule has 0 aliphatic carbocycles. The minimum Gasteiger partial charge on any atom is -0.496 e. The number of aryl methyl sites for hydroxylation is 3. The number of hydrogen-bond acceptors (Lipinski definition) is 10. The van der Waals surface area contributed by atoms with Gasteiger partial charge >= 0.3 is 5.97 Å². The number of methoxy groups -OCH3 is 2. The Kier molecular flexibility index (Phi) is 5.93. The minimum absolute atomic E-state index is 0.314. The lowest BCUT2D eigenvalue weighted by atomic mass is 10.0. The van der Waals surface area contributed by atoms with Crippen molar-refractivity contribution < 1.29 is 18.8 Å². The van der Waals surface area contributed by atoms with E-state index in [-0.39, 0.29) is 5.71 Å². The Morgan fingerprint density at radius 3 is 2.59 bits per heavy atom. The Morgan fingerprint density at radius 2 is 1.97 bits per heavy atom. The normalized spacial score (nSPS) is 11.6. The van der Waals surface area contributed by atoms with Crippen LogP contribution in [-0.4, -0.2) is 53.1 Å². The lowest BCUT2D eigenvalue weighted by Crippen LogP contribution is -2.20. The Morgan fingerprint density at radius 1 is 1.21 bits per heavy atom. The van der Waals surface area contributed by atoms with E-state index in [0.29, 0.717) is 34.6 Å². The molecule has 0 saturated heterocycles. The number of fused-ring (bicyclic) bond motifs is 3. The molecule has 11 nitrogen and oxygen atoms in total. The zero-order valence-electron chi connectivity index (χ0n) is 19.7. The van der Waals surface area contributed by atoms with Gasteiger partial charge in [0.05, 0.1) is 30.9 Å². The molecule has 0 aliphatic rings. The largest absolute Gasteiger partial charge is 0.496 e. The van der Waals surface area contributed by atoms with Gasteiger partial charge in [0, 0.05) is 29.6 Å². The molecular formula is C23H25N7O4. The SMILES string of the molecule is CN/C(=C\C(=N)C(=O)OC)Nc1nc(C)nc2[nH]c3cc(-c4c(C)noc4C)c(OC)cc3c12. The fraction of sp³-hybridized carbons (Fsp3) is 0.261. The van der Waals surface area contributed by atoms with Crippen LogP contribution in [0, 0.1) is 26.2 Å². The summed E-state index contributed by atoms with van der Waals surface area (Å²) in [5.41, 5.74) is 3.62. The predicted molar refractivity (Wildman–Crippen MR) is 128 cm³/mol. The van der Waals surface area contributed by atoms with E-state index < -0.39 is 5.97 Å². The third-order valence-corrected chi connectivity index (χ3v) is 5.40. The van der Waals surface area contributed by atoms with Crippen LogP contribution in [0.4, 0.5) is 5.82 Å². The molecule has 34 heavy (non-hydrogen) atoms. The van der Waals surface area contributed by atoms with E-state index >= 15 is 0 Å². The summed E-state index contributed by atoms with van der Waals surface area (Å²) in [6.45, 7) is 5.53. The summed E-state index contributed by atoms with van der Waals surface area (Å²) in [4.78, 5) is 24.1. The second-order valence-corrected chi connectivity index (χ2v) is 7.60. The van der Waals surface area contributed by atoms with Gasteiger partial charge in [-0.3, -0.25) is 5.41 Å². The number of H-pyrrole nitrogens is 1. The molecule has 0 amide bonds. The maximum absolute atomic E-state index is 11.7. The van der Waals surface area contributed by atoms with E-state index in [2.05, 4.69) is 35.5 Å². The fourth-order valence-corrected chi connectivity index (χ4v) is 3.87. The van der Waals surface area contributed by atoms with Crippen molar-refractivity contribution in [3.63, 3.8) is 0 Å². The van der Waals surface area contributed by atoms with Crippen molar-refractivity contribution >= 4 is 39.4 Å². The Balaban J connectivity index is 1.91. The summed E-state index contributed by atoms with van der Waals surface area (Å²) < 4.78 is 15.7. The van der Waals surface area contributed by atoms with Gasteiger partial charge < -0.3 is 29.6 Å². The maximum atomic E-state index is 11.7. The zero-order chi connectivity index (χ0) is 24.6. The van der Waals surface area contributed by atoms with Crippen molar-refractivity contribution in [2.45, 2.75) is 20.8 Å². The van der Waals surface area contributed by atoms with Crippen LogP contribution in [0.25, 0.3) is 33.1 Å². The van der Waals surface area contributed by atoms with Gasteiger partial charge in [0.2, 0.25) is 0 Å². The fourth-order valence-electron chi connectivity index (χ4n) is 3.87. The van der Waals surface area contributed by atoms with E-state index in [1.54, 1.807) is 21.1 Å². The molecule has 3 heterocycles. The molecule has 176 valence electrons. The highest BCUT2D eigenvalue weighted by Gasteiger charge is 2.21. The van der Waals surface area contributed by atoms with Crippen LogP contribution in [0.5, 0.6) is 5.75 Å². The molecule has 4 aromatic rings. The van der Waals surface area contributed by atoms with Gasteiger partial charge in [-0.1, -0.05) is 5.16 Å². The van der Waals surface area contributed by atoms with Crippen LogP contribution in [0.2, 0.25) is 0 Å². The Labute approximate surface area is 195 Å². The highest BCUT2D eigenvalue weighted by Crippen LogP contribution is 2.40. The molecule has 3 aromatic heterocycles. The quantitative estimate of drug-likeness (QED) is 0.239. The smallest absolute Gasteiger partial charge is 0.356 e. The summed E-state index contributed by atoms with van der Waals surface area (Å²) in [6, 6.07) is 3.89. The van der Waals surface area contributed by atoms with E-state index in [0.717, 1.165) is 33.1 Å². The second kappa shape index (κ2) is 8.85. The Bertz CT molecular complexity index is 1450. The molecule has 1 aromatic carbocycles. The molecule has 0 atom stereocenters. The van der Waals surface area contributed by atoms with Gasteiger partial charge in [-0.15, -0.1) is 0 Å². The number of hydrogen-bond donors (Lipinski definition) is 4. The second-order valence-electron chi connectivity index (χ2n) is 7.60. The van der Waals surface area contributed by atoms with E-state index in [1.807, 2.05) is 26.0 Å². The summed E-state index contributed by atoms with van der Waals surface area (Å²) in [7, 11) is 4.51. The number of aromatic amines is 1. The third-order valence-electron chi connectivity index (χ3n) is 5.40. The topological polar surface area (TPSA) is 151 Å². The van der Waals surface area contributed by atoms with Crippen LogP contribution >= 0.6 is 0 Å². The van der Waals surface area contributed by atoms with Crippen molar-refractivity contribution in [1.82, 2.24) is 25.4 Å². The standard InChI is InChI=1S/C23H25N7O4/c1-10-19(11(2)34-30-10)14-7-16-13(8-17(14)32-5)20-21(28-16)26-12(3)27-22(20)29-18(25-4)9-15(24)23(31)33-6/h7-9,24-25H,1-6H3,(H2,26,27,28,29)/b18-9+,24-15?. The molecule has 0 bridgehead atoms. The maximum Gasteiger partial charge on any atom is 0.356 e. The molecule has 11 heteroatoms. The lowest BCUT2D eigenvalue weighted by Gasteiger charge is -2.12. The van der Waals surface area contributed by atoms with E-state index in [9.17, 15) is 4.79 Å². The molecule has 0 aliphatic heterocycles. The summed E-state index contributed by atoms with van der Waals surface area (Å²) >= 11 is 0. The van der Waals surface area contributed by atoms with Crippen LogP contribution < -0.4 is 15.4 Å². The zero-order valence-corrected chi connectivity index (χ0v) is 19.7. The Hall–Kier alpha value is -4.41. The first kappa shape index (κ1) is 22.8. The first-order valence-corrected chi connectivity index (χ1v) is 10.4. The summed E-state index contributed by atoms with van der Waals surface area (Å²) in [5.74, 6) is 2.02. The lowest BCUT2D eigenvalue weighted by molar-refractivity contribution is -0.132. The van der Waals surface area contributed by atoms with Crippen molar-refractivity contribution in [2.75, 3.05) is 26.6 Å². The first-order chi connectivity index (χ1) is 16.3. The van der Waals surface area contributed by atoms with E-state index in [4.69, 9.17) is 14.7 Å². The van der Waals surface area contributed by atoms with Crippen LogP contribution in [0.3, 0.4) is 0 Å². The number of nitrogens with one attached hydrogen (secondary N) is 4. The highest BCUT2D eigenvalue weighted by atomic mass is 16.5. The molecule has 4 rings (SSSR count). The average Bonchev–Trinajstić information content (AvgIpc) is 3.34. The van der Waals surface area contributed by atoms with Crippen LogP contribution in [-0.2, 0) is 9.53 Å². The number of aromatic nitrogens is 4. The summed E-state index contributed by atoms with van der Waals surface area (Å²) in [6.07, 6.45) is 1.33. The van der Waals surface area contributed by atoms with Gasteiger partial charge in [0.25, 0.3) is 0 Å². The van der Waals surface area contributed by atoms with Crippen LogP contribution in [0.15, 0.2) is 28.6 Å². The number of benzene rings is 1. The van der Waals surface area contributed by atoms with E-state index in [1.165, 1.54) is 13.2 Å². The number of rotatable bonds is 7. The van der Waals surface area contributed by atoms with Gasteiger partial charge in [0.1, 0.15) is 40.3 Å². The van der Waals surface area contributed by atoms with Crippen molar-refractivity contribution in [3.8, 4) is 16.9 Å². The minimum atomic E-state index is -0.748. The van der Waals surface area contributed by atoms with Gasteiger partial charge in [-0.25, -0.2) is 14.8 Å². The highest BCUT2D eigenvalue weighted by molar-refractivity contribution is 6.39. The monoisotopic (exact) mass is 463 g/mol. The van der Waals surface area contributed by atoms with Gasteiger partial charge in [0.15, 0.2) is 0 Å². The van der Waals surface area contributed by atoms with Gasteiger partial charge in [-0.2, -0.15) is 0 Å². The molecule has 4 N–H and O–H groups in total. The molecule has 0 unspecified atom stereocenters. The van der Waals surface area contributed by atoms with Crippen molar-refractivity contribution in [2.24, 2.45) is 0 Å². The number of carbonyl (C=O) groups is 1. The van der Waals surface area contributed by atoms with Crippen LogP contribution in [0.1, 0.15) is 17.3 Å². The number of anilines is 1. The predicted octanol–water partition coefficient (Wildman–Crippen LogP) is 3.37. The number of esters is 1. The number of nitrogens with zero attached hydrogens (tertiary/aromatic N) is 3.